The highest BCUT2D eigenvalue weighted by Crippen LogP contribution is 2.29. The van der Waals surface area contributed by atoms with Crippen molar-refractivity contribution < 1.29 is 4.74 Å². The molecule has 5 rings (SSSR count). The molecular weight excluding hydrogens is 372 g/mol. The summed E-state index contributed by atoms with van der Waals surface area (Å²) < 4.78 is 6.08. The zero-order valence-corrected chi connectivity index (χ0v) is 17.4. The van der Waals surface area contributed by atoms with Crippen LogP contribution in [0.15, 0.2) is 54.9 Å². The maximum absolute atomic E-state index is 6.08. The molecule has 30 heavy (non-hydrogen) atoms. The Bertz CT molecular complexity index is 1120. The molecule has 5 heteroatoms. The summed E-state index contributed by atoms with van der Waals surface area (Å²) in [4.78, 5) is 17.3. The second kappa shape index (κ2) is 7.90. The van der Waals surface area contributed by atoms with E-state index in [4.69, 9.17) is 9.72 Å². The molecule has 0 saturated heterocycles. The monoisotopic (exact) mass is 398 g/mol. The van der Waals surface area contributed by atoms with E-state index >= 15 is 0 Å². The van der Waals surface area contributed by atoms with E-state index < -0.39 is 0 Å². The molecule has 0 unspecified atom stereocenters. The van der Waals surface area contributed by atoms with Crippen molar-refractivity contribution in [2.75, 3.05) is 0 Å². The van der Waals surface area contributed by atoms with Gasteiger partial charge in [-0.2, -0.15) is 0 Å². The molecule has 1 saturated carbocycles. The van der Waals surface area contributed by atoms with Gasteiger partial charge < -0.3 is 9.72 Å². The number of aromatic amines is 1. The van der Waals surface area contributed by atoms with Crippen LogP contribution in [-0.4, -0.2) is 26.0 Å². The SMILES string of the molecule is Cc1cc(-c2ccc(O[C@H]3CC[C@@H](C)CC3)nc2)ncc1-c1nc2ccccc2[nH]1. The summed E-state index contributed by atoms with van der Waals surface area (Å²) in [6.45, 7) is 4.40. The van der Waals surface area contributed by atoms with Crippen molar-refractivity contribution in [3.63, 3.8) is 0 Å². The van der Waals surface area contributed by atoms with Gasteiger partial charge in [0.15, 0.2) is 0 Å². The fourth-order valence-electron chi connectivity index (χ4n) is 4.16. The second-order valence-electron chi connectivity index (χ2n) is 8.37. The summed E-state index contributed by atoms with van der Waals surface area (Å²) in [6, 6.07) is 14.1. The molecule has 3 aromatic heterocycles. The van der Waals surface area contributed by atoms with E-state index in [1.54, 1.807) is 0 Å². The maximum atomic E-state index is 6.08. The molecule has 0 aliphatic heterocycles. The number of hydrogen-bond acceptors (Lipinski definition) is 4. The topological polar surface area (TPSA) is 63.7 Å². The van der Waals surface area contributed by atoms with Gasteiger partial charge in [-0.25, -0.2) is 9.97 Å². The van der Waals surface area contributed by atoms with Crippen molar-refractivity contribution >= 4 is 11.0 Å². The van der Waals surface area contributed by atoms with E-state index in [9.17, 15) is 0 Å². The predicted octanol–water partition coefficient (Wildman–Crippen LogP) is 5.95. The van der Waals surface area contributed by atoms with E-state index in [1.165, 1.54) is 12.8 Å². The largest absolute Gasteiger partial charge is 0.474 e. The number of rotatable bonds is 4. The van der Waals surface area contributed by atoms with E-state index in [0.29, 0.717) is 12.0 Å². The van der Waals surface area contributed by atoms with Crippen molar-refractivity contribution in [1.82, 2.24) is 19.9 Å². The first-order valence-electron chi connectivity index (χ1n) is 10.7. The number of fused-ring (bicyclic) bond motifs is 1. The zero-order valence-electron chi connectivity index (χ0n) is 17.4. The highest BCUT2D eigenvalue weighted by atomic mass is 16.5. The van der Waals surface area contributed by atoms with Gasteiger partial charge >= 0.3 is 0 Å². The molecule has 4 aromatic rings. The van der Waals surface area contributed by atoms with Gasteiger partial charge in [-0.1, -0.05) is 19.1 Å². The minimum Gasteiger partial charge on any atom is -0.474 e. The van der Waals surface area contributed by atoms with Gasteiger partial charge in [-0.3, -0.25) is 4.98 Å². The molecule has 152 valence electrons. The molecule has 5 nitrogen and oxygen atoms in total. The van der Waals surface area contributed by atoms with Crippen LogP contribution in [-0.2, 0) is 0 Å². The van der Waals surface area contributed by atoms with Crippen LogP contribution in [0.1, 0.15) is 38.2 Å². The number of hydrogen-bond donors (Lipinski definition) is 1. The minimum absolute atomic E-state index is 0.294. The lowest BCUT2D eigenvalue weighted by Gasteiger charge is -2.26. The normalized spacial score (nSPS) is 19.1. The van der Waals surface area contributed by atoms with Crippen LogP contribution >= 0.6 is 0 Å². The molecule has 3 heterocycles. The number of nitrogens with zero attached hydrogens (tertiary/aromatic N) is 3. The van der Waals surface area contributed by atoms with Crippen LogP contribution in [0.5, 0.6) is 5.88 Å². The molecule has 0 amide bonds. The lowest BCUT2D eigenvalue weighted by molar-refractivity contribution is 0.130. The van der Waals surface area contributed by atoms with Crippen molar-refractivity contribution in [3.05, 3.63) is 60.4 Å². The quantitative estimate of drug-likeness (QED) is 0.461. The van der Waals surface area contributed by atoms with Crippen molar-refractivity contribution in [3.8, 4) is 28.5 Å². The molecule has 1 aromatic carbocycles. The Labute approximate surface area is 176 Å². The van der Waals surface area contributed by atoms with Crippen LogP contribution in [0.25, 0.3) is 33.7 Å². The Morgan fingerprint density at radius 3 is 2.53 bits per heavy atom. The van der Waals surface area contributed by atoms with Gasteiger partial charge in [0.05, 0.1) is 16.7 Å². The average Bonchev–Trinajstić information content (AvgIpc) is 3.20. The Balaban J connectivity index is 1.34. The highest BCUT2D eigenvalue weighted by molar-refractivity contribution is 5.80. The first kappa shape index (κ1) is 18.8. The fourth-order valence-corrected chi connectivity index (χ4v) is 4.16. The average molecular weight is 399 g/mol. The number of imidazole rings is 1. The summed E-state index contributed by atoms with van der Waals surface area (Å²) in [5.74, 6) is 2.36. The van der Waals surface area contributed by atoms with Gasteiger partial charge in [-0.15, -0.1) is 0 Å². The van der Waals surface area contributed by atoms with E-state index in [2.05, 4.69) is 34.9 Å². The molecule has 1 aliphatic rings. The maximum Gasteiger partial charge on any atom is 0.213 e. The third-order valence-electron chi connectivity index (χ3n) is 6.04. The van der Waals surface area contributed by atoms with Gasteiger partial charge in [0, 0.05) is 29.6 Å². The second-order valence-corrected chi connectivity index (χ2v) is 8.37. The Morgan fingerprint density at radius 2 is 1.80 bits per heavy atom. The molecule has 0 spiro atoms. The number of aryl methyl sites for hydroxylation is 1. The first-order chi connectivity index (χ1) is 14.7. The van der Waals surface area contributed by atoms with E-state index in [0.717, 1.165) is 58.0 Å². The minimum atomic E-state index is 0.294. The fraction of sp³-hybridized carbons (Fsp3) is 0.320. The molecule has 0 bridgehead atoms. The Morgan fingerprint density at radius 1 is 0.967 bits per heavy atom. The summed E-state index contributed by atoms with van der Waals surface area (Å²) in [6.07, 6.45) is 8.75. The number of pyridine rings is 2. The number of ether oxygens (including phenoxy) is 1. The van der Waals surface area contributed by atoms with E-state index in [-0.39, 0.29) is 0 Å². The molecule has 0 radical (unpaired) electrons. The lowest BCUT2D eigenvalue weighted by Crippen LogP contribution is -2.23. The van der Waals surface area contributed by atoms with Gasteiger partial charge in [0.1, 0.15) is 11.9 Å². The highest BCUT2D eigenvalue weighted by Gasteiger charge is 2.20. The third-order valence-corrected chi connectivity index (χ3v) is 6.04. The molecule has 0 atom stereocenters. The molecule has 1 N–H and O–H groups in total. The molecule has 1 fully saturated rings. The smallest absolute Gasteiger partial charge is 0.213 e. The van der Waals surface area contributed by atoms with Gasteiger partial charge in [0.25, 0.3) is 0 Å². The summed E-state index contributed by atoms with van der Waals surface area (Å²) in [5.41, 5.74) is 6.01. The van der Waals surface area contributed by atoms with Crippen LogP contribution in [0.4, 0.5) is 0 Å². The zero-order chi connectivity index (χ0) is 20.5. The summed E-state index contributed by atoms with van der Waals surface area (Å²) in [7, 11) is 0. The number of nitrogens with one attached hydrogen (secondary N) is 1. The van der Waals surface area contributed by atoms with Crippen LogP contribution < -0.4 is 4.74 Å². The molecular formula is C25H26N4O. The van der Waals surface area contributed by atoms with Crippen molar-refractivity contribution in [2.24, 2.45) is 5.92 Å². The van der Waals surface area contributed by atoms with Gasteiger partial charge in [0.2, 0.25) is 5.88 Å². The third kappa shape index (κ3) is 3.80. The van der Waals surface area contributed by atoms with Crippen LogP contribution in [0, 0.1) is 12.8 Å². The Hall–Kier alpha value is -3.21. The standard InChI is InChI=1S/C25H26N4O/c1-16-7-10-19(11-8-16)30-24-12-9-18(14-27-24)23-13-17(2)20(15-26-23)25-28-21-5-3-4-6-22(21)29-25/h3-6,9,12-16,19H,7-8,10-11H2,1-2H3,(H,28,29)/t16-,19+. The lowest BCUT2D eigenvalue weighted by atomic mass is 9.89. The van der Waals surface area contributed by atoms with Crippen molar-refractivity contribution in [1.29, 1.82) is 0 Å². The van der Waals surface area contributed by atoms with Crippen molar-refractivity contribution in [2.45, 2.75) is 45.6 Å². The summed E-state index contributed by atoms with van der Waals surface area (Å²) >= 11 is 0. The molecule has 1 aliphatic carbocycles. The number of H-pyrrole nitrogens is 1. The number of para-hydroxylation sites is 2. The first-order valence-corrected chi connectivity index (χ1v) is 10.7. The number of benzene rings is 1. The number of aromatic nitrogens is 4. The Kier molecular flexibility index (Phi) is 4.95. The van der Waals surface area contributed by atoms with Crippen LogP contribution in [0.3, 0.4) is 0 Å². The van der Waals surface area contributed by atoms with Gasteiger partial charge in [-0.05, 0) is 68.4 Å². The van der Waals surface area contributed by atoms with Crippen LogP contribution in [0.2, 0.25) is 0 Å². The van der Waals surface area contributed by atoms with E-state index in [1.807, 2.05) is 48.8 Å². The summed E-state index contributed by atoms with van der Waals surface area (Å²) in [5, 5.41) is 0. The predicted molar refractivity (Wildman–Crippen MR) is 119 cm³/mol.